The van der Waals surface area contributed by atoms with E-state index in [1.807, 2.05) is 24.5 Å². The van der Waals surface area contributed by atoms with Gasteiger partial charge in [-0.05, 0) is 54.8 Å². The lowest BCUT2D eigenvalue weighted by atomic mass is 10.00. The second-order valence-corrected chi connectivity index (χ2v) is 8.48. The number of carbonyl (C=O) groups is 2. The van der Waals surface area contributed by atoms with Crippen molar-refractivity contribution in [2.75, 3.05) is 13.7 Å². The number of amides is 1. The summed E-state index contributed by atoms with van der Waals surface area (Å²) in [7, 11) is 1.33. The highest BCUT2D eigenvalue weighted by atomic mass is 127. The normalized spacial score (nSPS) is 20.4. The standard InChI is InChI=1S/C14H21IN3O4P.C2H6/c1-14(2,3)22-13(20)17-7-9(5-11(17)12(19)21-4)10-6-16-18(8-10)23-15;1-2/h6,8-9,11,23H,5,7H2,1-4H3;1-2H3. The Bertz CT molecular complexity index is 588. The molecule has 0 bridgehead atoms. The lowest BCUT2D eigenvalue weighted by molar-refractivity contribution is -0.145. The maximum absolute atomic E-state index is 12.4. The second-order valence-electron chi connectivity index (χ2n) is 6.41. The molecule has 7 nitrogen and oxygen atoms in total. The number of nitrogens with zero attached hydrogens (tertiary/aromatic N) is 3. The van der Waals surface area contributed by atoms with Gasteiger partial charge in [0.2, 0.25) is 0 Å². The molecule has 2 rings (SSSR count). The fourth-order valence-corrected chi connectivity index (χ4v) is 3.64. The number of aromatic nitrogens is 2. The summed E-state index contributed by atoms with van der Waals surface area (Å²) in [6, 6.07) is -0.620. The Morgan fingerprint density at radius 2 is 2.00 bits per heavy atom. The molecule has 0 saturated carbocycles. The first-order valence-corrected chi connectivity index (χ1v) is 12.3. The number of ether oxygens (including phenoxy) is 2. The summed E-state index contributed by atoms with van der Waals surface area (Å²) in [4.78, 5) is 25.9. The smallest absolute Gasteiger partial charge is 0.411 e. The molecule has 9 heteroatoms. The van der Waals surface area contributed by atoms with Crippen molar-refractivity contribution in [2.24, 2.45) is 0 Å². The fourth-order valence-electron chi connectivity index (χ4n) is 2.55. The number of carbonyl (C=O) groups excluding carboxylic acids is 2. The van der Waals surface area contributed by atoms with Crippen LogP contribution in [-0.4, -0.2) is 51.8 Å². The van der Waals surface area contributed by atoms with E-state index in [-0.39, 0.29) is 5.92 Å². The van der Waals surface area contributed by atoms with E-state index in [9.17, 15) is 9.59 Å². The quantitative estimate of drug-likeness (QED) is 0.370. The highest BCUT2D eigenvalue weighted by Crippen LogP contribution is 2.34. The molecule has 1 aliphatic rings. The van der Waals surface area contributed by atoms with Crippen LogP contribution in [-0.2, 0) is 14.3 Å². The third-order valence-electron chi connectivity index (χ3n) is 3.56. The lowest BCUT2D eigenvalue weighted by Crippen LogP contribution is -2.43. The van der Waals surface area contributed by atoms with Crippen LogP contribution in [0.2, 0.25) is 0 Å². The van der Waals surface area contributed by atoms with E-state index in [0.717, 1.165) is 5.56 Å². The minimum Gasteiger partial charge on any atom is -0.467 e. The molecule has 1 amide bonds. The Kier molecular flexibility index (Phi) is 8.60. The first-order valence-electron chi connectivity index (χ1n) is 8.24. The Hall–Kier alpha value is -0.890. The van der Waals surface area contributed by atoms with Gasteiger partial charge < -0.3 is 9.47 Å². The van der Waals surface area contributed by atoms with Crippen LogP contribution in [0.3, 0.4) is 0 Å². The van der Waals surface area contributed by atoms with Gasteiger partial charge in [0.05, 0.1) is 19.7 Å². The molecule has 142 valence electrons. The molecular formula is C16H27IN3O4P. The Morgan fingerprint density at radius 1 is 1.36 bits per heavy atom. The van der Waals surface area contributed by atoms with E-state index in [4.69, 9.17) is 9.47 Å². The fraction of sp³-hybridized carbons (Fsp3) is 0.688. The summed E-state index contributed by atoms with van der Waals surface area (Å²) in [5.74, 6) is -0.366. The molecule has 3 atom stereocenters. The van der Waals surface area contributed by atoms with Crippen LogP contribution in [0.15, 0.2) is 12.4 Å². The van der Waals surface area contributed by atoms with Gasteiger partial charge in [0.15, 0.2) is 0 Å². The van der Waals surface area contributed by atoms with Crippen molar-refractivity contribution < 1.29 is 19.1 Å². The van der Waals surface area contributed by atoms with Crippen molar-refractivity contribution in [2.45, 2.75) is 58.6 Å². The Morgan fingerprint density at radius 3 is 2.48 bits per heavy atom. The van der Waals surface area contributed by atoms with Crippen molar-refractivity contribution in [3.63, 3.8) is 0 Å². The predicted molar refractivity (Wildman–Crippen MR) is 107 cm³/mol. The van der Waals surface area contributed by atoms with E-state index in [2.05, 4.69) is 27.1 Å². The van der Waals surface area contributed by atoms with Gasteiger partial charge in [-0.15, -0.1) is 0 Å². The van der Waals surface area contributed by atoms with E-state index >= 15 is 0 Å². The molecule has 3 unspecified atom stereocenters. The van der Waals surface area contributed by atoms with Gasteiger partial charge >= 0.3 is 12.1 Å². The van der Waals surface area contributed by atoms with Crippen LogP contribution in [0.25, 0.3) is 0 Å². The summed E-state index contributed by atoms with van der Waals surface area (Å²) in [5, 5.41) is 4.27. The number of halogens is 1. The zero-order chi connectivity index (χ0) is 19.2. The highest BCUT2D eigenvalue weighted by molar-refractivity contribution is 14.2. The molecule has 1 fully saturated rings. The topological polar surface area (TPSA) is 73.7 Å². The van der Waals surface area contributed by atoms with Crippen LogP contribution in [0.4, 0.5) is 4.79 Å². The maximum Gasteiger partial charge on any atom is 0.411 e. The van der Waals surface area contributed by atoms with Crippen LogP contribution in [0, 0.1) is 0 Å². The summed E-state index contributed by atoms with van der Waals surface area (Å²) in [5.41, 5.74) is 0.414. The molecule has 0 radical (unpaired) electrons. The third-order valence-corrected chi connectivity index (χ3v) is 5.46. The van der Waals surface area contributed by atoms with Gasteiger partial charge in [0.25, 0.3) is 0 Å². The molecular weight excluding hydrogens is 456 g/mol. The zero-order valence-corrected chi connectivity index (χ0v) is 18.7. The molecule has 1 saturated heterocycles. The molecule has 0 aromatic carbocycles. The number of hydrogen-bond acceptors (Lipinski definition) is 5. The summed E-state index contributed by atoms with van der Waals surface area (Å²) < 4.78 is 12.1. The number of methoxy groups -OCH3 is 1. The highest BCUT2D eigenvalue weighted by Gasteiger charge is 2.42. The monoisotopic (exact) mass is 483 g/mol. The van der Waals surface area contributed by atoms with Crippen molar-refractivity contribution >= 4 is 40.5 Å². The first-order chi connectivity index (χ1) is 11.7. The third kappa shape index (κ3) is 6.09. The molecule has 1 aromatic rings. The number of rotatable bonds is 3. The maximum atomic E-state index is 12.4. The number of likely N-dealkylation sites (tertiary alicyclic amines) is 1. The zero-order valence-electron chi connectivity index (χ0n) is 15.6. The molecule has 25 heavy (non-hydrogen) atoms. The van der Waals surface area contributed by atoms with Crippen molar-refractivity contribution in [3.05, 3.63) is 18.0 Å². The van der Waals surface area contributed by atoms with Gasteiger partial charge in [-0.2, -0.15) is 5.10 Å². The van der Waals surface area contributed by atoms with Gasteiger partial charge in [0, 0.05) is 18.7 Å². The largest absolute Gasteiger partial charge is 0.467 e. The van der Waals surface area contributed by atoms with Gasteiger partial charge in [-0.3, -0.25) is 4.90 Å². The van der Waals surface area contributed by atoms with Gasteiger partial charge in [0.1, 0.15) is 11.6 Å². The second kappa shape index (κ2) is 9.71. The first kappa shape index (κ1) is 22.2. The molecule has 0 aliphatic carbocycles. The average molecular weight is 483 g/mol. The van der Waals surface area contributed by atoms with Gasteiger partial charge in [-0.1, -0.05) is 13.8 Å². The molecule has 1 aromatic heterocycles. The lowest BCUT2D eigenvalue weighted by Gasteiger charge is -2.27. The molecule has 0 N–H and O–H groups in total. The SMILES string of the molecule is CC.COC(=O)C1CC(c2cnn(PI)c2)CN1C(=O)OC(C)(C)C. The molecule has 0 spiro atoms. The van der Waals surface area contributed by atoms with Crippen LogP contribution in [0.5, 0.6) is 0 Å². The van der Waals surface area contributed by atoms with E-state index in [0.29, 0.717) is 19.3 Å². The van der Waals surface area contributed by atoms with Crippen LogP contribution in [0.1, 0.15) is 52.5 Å². The minimum absolute atomic E-state index is 0.0492. The summed E-state index contributed by atoms with van der Waals surface area (Å²) >= 11 is 2.25. The predicted octanol–water partition coefficient (Wildman–Crippen LogP) is 3.97. The van der Waals surface area contributed by atoms with E-state index in [1.165, 1.54) is 12.0 Å². The van der Waals surface area contributed by atoms with Gasteiger partial charge in [-0.25, -0.2) is 14.0 Å². The van der Waals surface area contributed by atoms with Crippen LogP contribution >= 0.6 is 28.4 Å². The number of esters is 1. The van der Waals surface area contributed by atoms with Crippen LogP contribution < -0.4 is 0 Å². The van der Waals surface area contributed by atoms with E-state index in [1.54, 1.807) is 27.0 Å². The molecule has 1 aliphatic heterocycles. The number of hydrogen-bond donors (Lipinski definition) is 0. The van der Waals surface area contributed by atoms with Crippen molar-refractivity contribution in [1.82, 2.24) is 14.5 Å². The minimum atomic E-state index is -0.620. The van der Waals surface area contributed by atoms with Crippen molar-refractivity contribution in [1.29, 1.82) is 0 Å². The molecule has 2 heterocycles. The van der Waals surface area contributed by atoms with E-state index < -0.39 is 23.7 Å². The average Bonchev–Trinajstić information content (AvgIpc) is 3.21. The Balaban J connectivity index is 0.00000151. The summed E-state index contributed by atoms with van der Waals surface area (Å²) in [6.07, 6.45) is 4.30. The van der Waals surface area contributed by atoms with Crippen molar-refractivity contribution in [3.8, 4) is 0 Å². The summed E-state index contributed by atoms with van der Waals surface area (Å²) in [6.45, 7) is 9.83. The Labute approximate surface area is 164 Å².